The van der Waals surface area contributed by atoms with Crippen LogP contribution in [0.15, 0.2) is 24.4 Å². The van der Waals surface area contributed by atoms with Gasteiger partial charge >= 0.3 is 0 Å². The maximum Gasteiger partial charge on any atom is 0.112 e. The predicted octanol–water partition coefficient (Wildman–Crippen LogP) is 2.86. The minimum absolute atomic E-state index is 0.0609. The van der Waals surface area contributed by atoms with Crippen LogP contribution in [0.2, 0.25) is 0 Å². The normalized spacial score (nSPS) is 47.7. The van der Waals surface area contributed by atoms with Crippen molar-refractivity contribution in [3.63, 3.8) is 0 Å². The zero-order valence-electron chi connectivity index (χ0n) is 17.8. The quantitative estimate of drug-likeness (QED) is 0.620. The third-order valence-corrected chi connectivity index (χ3v) is 9.46. The molecule has 0 aliphatic heterocycles. The van der Waals surface area contributed by atoms with E-state index < -0.39 is 5.60 Å². The highest BCUT2D eigenvalue weighted by Crippen LogP contribution is 2.67. The second-order valence-corrected chi connectivity index (χ2v) is 10.4. The average molecular weight is 404 g/mol. The van der Waals surface area contributed by atoms with Gasteiger partial charge in [0.15, 0.2) is 0 Å². The highest BCUT2D eigenvalue weighted by molar-refractivity contribution is 5.23. The summed E-state index contributed by atoms with van der Waals surface area (Å²) < 4.78 is 0. The van der Waals surface area contributed by atoms with Crippen LogP contribution in [-0.2, 0) is 5.60 Å². The summed E-state index contributed by atoms with van der Waals surface area (Å²) in [4.78, 5) is 4.50. The summed E-state index contributed by atoms with van der Waals surface area (Å²) in [6.45, 7) is 4.64. The van der Waals surface area contributed by atoms with E-state index in [9.17, 15) is 20.4 Å². The molecule has 0 spiro atoms. The monoisotopic (exact) mass is 403 g/mol. The Balaban J connectivity index is 1.66. The maximum atomic E-state index is 11.8. The minimum atomic E-state index is -0.961. The molecule has 4 N–H and O–H groups in total. The fraction of sp³-hybridized carbons (Fsp3) is 0.792. The molecule has 1 aromatic heterocycles. The van der Waals surface area contributed by atoms with E-state index in [2.05, 4.69) is 18.8 Å². The van der Waals surface area contributed by atoms with E-state index in [1.54, 1.807) is 6.20 Å². The van der Waals surface area contributed by atoms with E-state index in [1.807, 2.05) is 18.2 Å². The second-order valence-electron chi connectivity index (χ2n) is 10.4. The Bertz CT molecular complexity index is 714. The highest BCUT2D eigenvalue weighted by Gasteiger charge is 2.64. The molecule has 3 aliphatic carbocycles. The molecule has 8 atom stereocenters. The first kappa shape index (κ1) is 21.2. The van der Waals surface area contributed by atoms with Crippen LogP contribution in [0.4, 0.5) is 0 Å². The van der Waals surface area contributed by atoms with Crippen molar-refractivity contribution in [1.29, 1.82) is 0 Å². The molecule has 0 bridgehead atoms. The van der Waals surface area contributed by atoms with E-state index in [-0.39, 0.29) is 47.9 Å². The molecule has 3 saturated carbocycles. The molecule has 0 unspecified atom stereocenters. The summed E-state index contributed by atoms with van der Waals surface area (Å²) in [5.74, 6) is 0.675. The summed E-state index contributed by atoms with van der Waals surface area (Å²) in [6.07, 6.45) is 7.08. The van der Waals surface area contributed by atoms with Crippen LogP contribution in [-0.4, -0.2) is 44.7 Å². The molecule has 4 rings (SSSR count). The molecule has 0 radical (unpaired) electrons. The molecule has 1 heterocycles. The average Bonchev–Trinajstić information content (AvgIpc) is 3.01. The van der Waals surface area contributed by atoms with Gasteiger partial charge in [0.05, 0.1) is 11.8 Å². The first-order valence-corrected chi connectivity index (χ1v) is 11.3. The smallest absolute Gasteiger partial charge is 0.112 e. The third-order valence-electron chi connectivity index (χ3n) is 9.46. The van der Waals surface area contributed by atoms with Gasteiger partial charge in [-0.3, -0.25) is 4.98 Å². The second kappa shape index (κ2) is 7.60. The first-order valence-electron chi connectivity index (χ1n) is 11.3. The molecule has 1 aromatic rings. The van der Waals surface area contributed by atoms with Crippen LogP contribution in [0, 0.1) is 34.5 Å². The molecule has 0 saturated heterocycles. The van der Waals surface area contributed by atoms with Gasteiger partial charge < -0.3 is 20.4 Å². The largest absolute Gasteiger partial charge is 0.396 e. The molecule has 5 heteroatoms. The molecular weight excluding hydrogens is 366 g/mol. The number of nitrogens with zero attached hydrogens (tertiary/aromatic N) is 1. The van der Waals surface area contributed by atoms with E-state index in [4.69, 9.17) is 0 Å². The number of aliphatic hydroxyl groups is 4. The van der Waals surface area contributed by atoms with E-state index in [1.165, 1.54) is 0 Å². The number of pyridine rings is 1. The highest BCUT2D eigenvalue weighted by atomic mass is 16.3. The van der Waals surface area contributed by atoms with Gasteiger partial charge in [0.25, 0.3) is 0 Å². The lowest BCUT2D eigenvalue weighted by atomic mass is 9.48. The maximum absolute atomic E-state index is 11.8. The summed E-state index contributed by atoms with van der Waals surface area (Å²) in [5.41, 5.74) is -0.614. The van der Waals surface area contributed by atoms with E-state index in [0.29, 0.717) is 18.8 Å². The lowest BCUT2D eigenvalue weighted by molar-refractivity contribution is -0.154. The number of hydrogen-bond acceptors (Lipinski definition) is 5. The number of aliphatic hydroxyl groups excluding tert-OH is 3. The van der Waals surface area contributed by atoms with Crippen LogP contribution >= 0.6 is 0 Å². The fourth-order valence-electron chi connectivity index (χ4n) is 7.57. The Hall–Kier alpha value is -1.01. The van der Waals surface area contributed by atoms with Crippen molar-refractivity contribution in [2.75, 3.05) is 13.2 Å². The van der Waals surface area contributed by atoms with Gasteiger partial charge in [-0.05, 0) is 86.2 Å². The summed E-state index contributed by atoms with van der Waals surface area (Å²) in [7, 11) is 0. The molecule has 5 nitrogen and oxygen atoms in total. The SMILES string of the molecule is C[C@@]1([C@H]2CC[C@@]3(C)[C@@H](CC[C@@]3(O)c3ccccn3)[C@@H]2CO)CC[C@H](O)C[C@@H]1CO. The molecule has 3 aliphatic rings. The van der Waals surface area contributed by atoms with Crippen LogP contribution in [0.1, 0.15) is 64.5 Å². The lowest BCUT2D eigenvalue weighted by Gasteiger charge is -2.57. The predicted molar refractivity (Wildman–Crippen MR) is 111 cm³/mol. The zero-order chi connectivity index (χ0) is 20.9. The van der Waals surface area contributed by atoms with Gasteiger partial charge in [-0.2, -0.15) is 0 Å². The van der Waals surface area contributed by atoms with Gasteiger partial charge in [-0.15, -0.1) is 0 Å². The van der Waals surface area contributed by atoms with Gasteiger partial charge in [-0.1, -0.05) is 19.9 Å². The number of fused-ring (bicyclic) bond motifs is 1. The van der Waals surface area contributed by atoms with Crippen molar-refractivity contribution in [2.24, 2.45) is 34.5 Å². The van der Waals surface area contributed by atoms with E-state index in [0.717, 1.165) is 37.8 Å². The number of rotatable bonds is 4. The van der Waals surface area contributed by atoms with Crippen molar-refractivity contribution >= 4 is 0 Å². The van der Waals surface area contributed by atoms with Crippen LogP contribution in [0.3, 0.4) is 0 Å². The lowest BCUT2D eigenvalue weighted by Crippen LogP contribution is -2.55. The summed E-state index contributed by atoms with van der Waals surface area (Å²) in [5, 5.41) is 42.5. The van der Waals surface area contributed by atoms with Crippen molar-refractivity contribution in [3.05, 3.63) is 30.1 Å². The molecule has 3 fully saturated rings. The number of hydrogen-bond donors (Lipinski definition) is 4. The molecular formula is C24H37NO4. The molecule has 0 amide bonds. The van der Waals surface area contributed by atoms with Crippen molar-refractivity contribution in [3.8, 4) is 0 Å². The van der Waals surface area contributed by atoms with E-state index >= 15 is 0 Å². The third kappa shape index (κ3) is 3.08. The van der Waals surface area contributed by atoms with Gasteiger partial charge in [0.1, 0.15) is 5.60 Å². The Morgan fingerprint density at radius 3 is 2.41 bits per heavy atom. The van der Waals surface area contributed by atoms with Crippen molar-refractivity contribution in [1.82, 2.24) is 4.98 Å². The zero-order valence-corrected chi connectivity index (χ0v) is 17.8. The Morgan fingerprint density at radius 1 is 1.00 bits per heavy atom. The Kier molecular flexibility index (Phi) is 5.56. The van der Waals surface area contributed by atoms with Crippen molar-refractivity contribution in [2.45, 2.75) is 70.5 Å². The minimum Gasteiger partial charge on any atom is -0.396 e. The summed E-state index contributed by atoms with van der Waals surface area (Å²) >= 11 is 0. The van der Waals surface area contributed by atoms with Gasteiger partial charge in [-0.25, -0.2) is 0 Å². The number of aromatic nitrogens is 1. The standard InChI is InChI=1S/C24H37NO4/c1-22(9-6-17(28)13-16(22)14-26)19-7-10-23(2)20(18(19)15-27)8-11-24(23,29)21-5-3-4-12-25-21/h3-5,12,16-20,26-29H,6-11,13-15H2,1-2H3/t16-,17+,18-,19+,20+,22-,23+,24-/m1/s1. The topological polar surface area (TPSA) is 93.8 Å². The first-order chi connectivity index (χ1) is 13.8. The Morgan fingerprint density at radius 2 is 1.76 bits per heavy atom. The molecule has 0 aromatic carbocycles. The summed E-state index contributed by atoms with van der Waals surface area (Å²) in [6, 6.07) is 5.74. The van der Waals surface area contributed by atoms with Crippen LogP contribution < -0.4 is 0 Å². The van der Waals surface area contributed by atoms with Crippen molar-refractivity contribution < 1.29 is 20.4 Å². The van der Waals surface area contributed by atoms with Gasteiger partial charge in [0.2, 0.25) is 0 Å². The Labute approximate surface area is 174 Å². The molecule has 29 heavy (non-hydrogen) atoms. The van der Waals surface area contributed by atoms with Crippen LogP contribution in [0.5, 0.6) is 0 Å². The molecule has 162 valence electrons. The van der Waals surface area contributed by atoms with Gasteiger partial charge in [0, 0.05) is 24.8 Å². The van der Waals surface area contributed by atoms with Crippen LogP contribution in [0.25, 0.3) is 0 Å². The fourth-order valence-corrected chi connectivity index (χ4v) is 7.57.